The summed E-state index contributed by atoms with van der Waals surface area (Å²) in [6, 6.07) is 9.95. The van der Waals surface area contributed by atoms with Crippen molar-refractivity contribution in [3.8, 4) is 11.5 Å². The van der Waals surface area contributed by atoms with Gasteiger partial charge in [0, 0.05) is 11.5 Å². The third-order valence-corrected chi connectivity index (χ3v) is 4.47. The molecule has 0 bridgehead atoms. The second-order valence-electron chi connectivity index (χ2n) is 7.59. The van der Waals surface area contributed by atoms with Crippen molar-refractivity contribution in [2.75, 3.05) is 19.0 Å². The molecule has 136 valence electrons. The summed E-state index contributed by atoms with van der Waals surface area (Å²) in [6.07, 6.45) is 0.868. The highest BCUT2D eigenvalue weighted by atomic mass is 16.5. The quantitative estimate of drug-likeness (QED) is 0.780. The highest BCUT2D eigenvalue weighted by molar-refractivity contribution is 5.47. The van der Waals surface area contributed by atoms with Crippen molar-refractivity contribution in [3.05, 3.63) is 41.7 Å². The summed E-state index contributed by atoms with van der Waals surface area (Å²) in [5.41, 5.74) is 1.78. The van der Waals surface area contributed by atoms with Gasteiger partial charge >= 0.3 is 0 Å². The molecule has 0 spiro atoms. The fourth-order valence-electron chi connectivity index (χ4n) is 3.11. The number of benzene rings is 1. The van der Waals surface area contributed by atoms with Gasteiger partial charge in [0.05, 0.1) is 13.2 Å². The molecule has 0 saturated carbocycles. The Hall–Kier alpha value is -2.83. The smallest absolute Gasteiger partial charge is 0.178 e. The molecule has 1 aliphatic rings. The van der Waals surface area contributed by atoms with Crippen LogP contribution in [0.2, 0.25) is 0 Å². The summed E-state index contributed by atoms with van der Waals surface area (Å²) in [4.78, 5) is 0. The topological polar surface area (TPSA) is 73.6 Å². The Morgan fingerprint density at radius 1 is 1.19 bits per heavy atom. The Morgan fingerprint density at radius 2 is 2.04 bits per heavy atom. The molecule has 1 atom stereocenters. The van der Waals surface area contributed by atoms with E-state index in [2.05, 4.69) is 47.5 Å². The van der Waals surface area contributed by atoms with Crippen LogP contribution >= 0.6 is 0 Å². The summed E-state index contributed by atoms with van der Waals surface area (Å²) < 4.78 is 13.0. The van der Waals surface area contributed by atoms with E-state index in [-0.39, 0.29) is 11.5 Å². The molecule has 2 aromatic heterocycles. The predicted molar refractivity (Wildman–Crippen MR) is 99.1 cm³/mol. The van der Waals surface area contributed by atoms with Gasteiger partial charge in [0.1, 0.15) is 23.9 Å². The van der Waals surface area contributed by atoms with Crippen LogP contribution in [0.1, 0.15) is 32.2 Å². The first-order valence-electron chi connectivity index (χ1n) is 8.73. The maximum Gasteiger partial charge on any atom is 0.178 e. The van der Waals surface area contributed by atoms with Gasteiger partial charge in [-0.2, -0.15) is 4.52 Å². The van der Waals surface area contributed by atoms with Crippen molar-refractivity contribution < 1.29 is 9.47 Å². The van der Waals surface area contributed by atoms with Crippen LogP contribution in [0, 0.1) is 0 Å². The molecular formula is C19H23N5O2. The number of nitrogens with zero attached hydrogens (tertiary/aromatic N) is 4. The lowest BCUT2D eigenvalue weighted by Crippen LogP contribution is -2.33. The average Bonchev–Trinajstić information content (AvgIpc) is 3.05. The monoisotopic (exact) mass is 353 g/mol. The third kappa shape index (κ3) is 3.05. The molecule has 1 N–H and O–H groups in total. The highest BCUT2D eigenvalue weighted by Crippen LogP contribution is 2.30. The van der Waals surface area contributed by atoms with Crippen LogP contribution in [0.15, 0.2) is 30.3 Å². The van der Waals surface area contributed by atoms with E-state index in [1.54, 1.807) is 7.11 Å². The number of nitrogens with one attached hydrogen (secondary N) is 1. The minimum absolute atomic E-state index is 0.128. The van der Waals surface area contributed by atoms with E-state index in [0.29, 0.717) is 6.61 Å². The van der Waals surface area contributed by atoms with E-state index < -0.39 is 0 Å². The van der Waals surface area contributed by atoms with Crippen LogP contribution in [0.4, 0.5) is 5.82 Å². The number of aromatic nitrogens is 4. The molecule has 1 aliphatic heterocycles. The van der Waals surface area contributed by atoms with E-state index in [0.717, 1.165) is 40.8 Å². The first-order chi connectivity index (χ1) is 12.4. The fraction of sp³-hybridized carbons (Fsp3) is 0.421. The Kier molecular flexibility index (Phi) is 3.94. The molecule has 0 saturated heterocycles. The molecule has 0 radical (unpaired) electrons. The number of hydrogen-bond acceptors (Lipinski definition) is 6. The lowest BCUT2D eigenvalue weighted by Gasteiger charge is -2.26. The Bertz CT molecular complexity index is 945. The van der Waals surface area contributed by atoms with Crippen molar-refractivity contribution in [1.29, 1.82) is 0 Å². The highest BCUT2D eigenvalue weighted by Gasteiger charge is 2.23. The van der Waals surface area contributed by atoms with E-state index in [9.17, 15) is 0 Å². The maximum atomic E-state index is 5.90. The summed E-state index contributed by atoms with van der Waals surface area (Å²) in [5.74, 6) is 3.33. The summed E-state index contributed by atoms with van der Waals surface area (Å²) >= 11 is 0. The molecule has 4 rings (SSSR count). The van der Waals surface area contributed by atoms with Gasteiger partial charge in [0.2, 0.25) is 0 Å². The van der Waals surface area contributed by atoms with Crippen LogP contribution in [-0.4, -0.2) is 39.6 Å². The molecule has 26 heavy (non-hydrogen) atoms. The molecule has 0 aliphatic carbocycles. The summed E-state index contributed by atoms with van der Waals surface area (Å²) in [7, 11) is 1.66. The number of ether oxygens (including phenoxy) is 2. The van der Waals surface area contributed by atoms with Crippen LogP contribution in [0.3, 0.4) is 0 Å². The number of rotatable bonds is 3. The molecule has 0 amide bonds. The van der Waals surface area contributed by atoms with E-state index in [1.165, 1.54) is 0 Å². The van der Waals surface area contributed by atoms with Gasteiger partial charge in [0.15, 0.2) is 11.5 Å². The zero-order chi connectivity index (χ0) is 18.3. The zero-order valence-electron chi connectivity index (χ0n) is 15.5. The standard InChI is InChI=1S/C19H23N5O2/c1-19(2,3)18-22-21-17-8-7-16(23-24(17)18)20-13-9-12-5-6-14(25-4)10-15(12)26-11-13/h5-8,10,13H,9,11H2,1-4H3,(H,20,23). The van der Waals surface area contributed by atoms with E-state index in [4.69, 9.17) is 9.47 Å². The molecule has 0 fully saturated rings. The van der Waals surface area contributed by atoms with E-state index in [1.807, 2.05) is 28.8 Å². The normalized spacial score (nSPS) is 16.8. The third-order valence-electron chi connectivity index (χ3n) is 4.47. The summed E-state index contributed by atoms with van der Waals surface area (Å²) in [5, 5.41) is 16.6. The molecule has 1 unspecified atom stereocenters. The predicted octanol–water partition coefficient (Wildman–Crippen LogP) is 2.85. The van der Waals surface area contributed by atoms with Crippen molar-refractivity contribution >= 4 is 11.5 Å². The first kappa shape index (κ1) is 16.6. The molecule has 3 heterocycles. The Labute approximate surface area is 152 Å². The average molecular weight is 353 g/mol. The van der Waals surface area contributed by atoms with Gasteiger partial charge in [-0.15, -0.1) is 15.3 Å². The number of methoxy groups -OCH3 is 1. The van der Waals surface area contributed by atoms with Gasteiger partial charge in [-0.1, -0.05) is 26.8 Å². The molecule has 7 nitrogen and oxygen atoms in total. The van der Waals surface area contributed by atoms with Crippen LogP contribution in [0.25, 0.3) is 5.65 Å². The van der Waals surface area contributed by atoms with Crippen molar-refractivity contribution in [2.24, 2.45) is 0 Å². The van der Waals surface area contributed by atoms with Gasteiger partial charge < -0.3 is 14.8 Å². The molecule has 3 aromatic rings. The lowest BCUT2D eigenvalue weighted by molar-refractivity contribution is 0.270. The number of anilines is 1. The van der Waals surface area contributed by atoms with Crippen LogP contribution < -0.4 is 14.8 Å². The minimum Gasteiger partial charge on any atom is -0.497 e. The maximum absolute atomic E-state index is 5.90. The molecular weight excluding hydrogens is 330 g/mol. The molecule has 7 heteroatoms. The van der Waals surface area contributed by atoms with Crippen molar-refractivity contribution in [1.82, 2.24) is 19.8 Å². The van der Waals surface area contributed by atoms with Gasteiger partial charge in [0.25, 0.3) is 0 Å². The Balaban J connectivity index is 1.56. The van der Waals surface area contributed by atoms with Crippen LogP contribution in [0.5, 0.6) is 11.5 Å². The van der Waals surface area contributed by atoms with Gasteiger partial charge in [-0.25, -0.2) is 0 Å². The Morgan fingerprint density at radius 3 is 2.81 bits per heavy atom. The van der Waals surface area contributed by atoms with Crippen molar-refractivity contribution in [2.45, 2.75) is 38.6 Å². The second kappa shape index (κ2) is 6.16. The van der Waals surface area contributed by atoms with Gasteiger partial charge in [-0.05, 0) is 30.2 Å². The lowest BCUT2D eigenvalue weighted by atomic mass is 9.96. The van der Waals surface area contributed by atoms with Crippen LogP contribution in [-0.2, 0) is 11.8 Å². The number of fused-ring (bicyclic) bond motifs is 2. The largest absolute Gasteiger partial charge is 0.497 e. The molecule has 1 aromatic carbocycles. The minimum atomic E-state index is -0.128. The second-order valence-corrected chi connectivity index (χ2v) is 7.59. The first-order valence-corrected chi connectivity index (χ1v) is 8.73. The van der Waals surface area contributed by atoms with E-state index >= 15 is 0 Å². The van der Waals surface area contributed by atoms with Crippen molar-refractivity contribution in [3.63, 3.8) is 0 Å². The van der Waals surface area contributed by atoms with Gasteiger partial charge in [-0.3, -0.25) is 0 Å². The fourth-order valence-corrected chi connectivity index (χ4v) is 3.11. The zero-order valence-corrected chi connectivity index (χ0v) is 15.5. The SMILES string of the molecule is COc1ccc2c(c1)OCC(Nc1ccc3nnc(C(C)(C)C)n3n1)C2. The number of hydrogen-bond donors (Lipinski definition) is 1. The summed E-state index contributed by atoms with van der Waals surface area (Å²) in [6.45, 7) is 6.89.